The van der Waals surface area contributed by atoms with Crippen LogP contribution in [0.15, 0.2) is 60.7 Å². The number of ketones is 1. The Morgan fingerprint density at radius 1 is 1.00 bits per heavy atom. The predicted molar refractivity (Wildman–Crippen MR) is 86.0 cm³/mol. The van der Waals surface area contributed by atoms with E-state index in [2.05, 4.69) is 0 Å². The Hall–Kier alpha value is -2.39. The van der Waals surface area contributed by atoms with Crippen LogP contribution in [0.1, 0.15) is 15.2 Å². The Morgan fingerprint density at radius 2 is 1.70 bits per heavy atom. The highest BCUT2D eigenvalue weighted by Crippen LogP contribution is 2.33. The van der Waals surface area contributed by atoms with Crippen LogP contribution in [0.2, 0.25) is 0 Å². The maximum Gasteiger partial charge on any atom is 0.197 e. The van der Waals surface area contributed by atoms with Crippen molar-refractivity contribution in [3.63, 3.8) is 0 Å². The zero-order chi connectivity index (χ0) is 13.9. The van der Waals surface area contributed by atoms with Crippen molar-refractivity contribution < 1.29 is 4.79 Å². The van der Waals surface area contributed by atoms with Crippen molar-refractivity contribution in [1.82, 2.24) is 0 Å². The molecule has 0 amide bonds. The lowest BCUT2D eigenvalue weighted by Gasteiger charge is -1.94. The molecule has 2 aromatic carbocycles. The summed E-state index contributed by atoms with van der Waals surface area (Å²) in [4.78, 5) is 12.9. The summed E-state index contributed by atoms with van der Waals surface area (Å²) < 4.78 is 1.04. The molecule has 20 heavy (non-hydrogen) atoms. The maximum atomic E-state index is 12.3. The first-order chi connectivity index (χ1) is 9.75. The maximum absolute atomic E-state index is 12.3. The third-order valence-corrected chi connectivity index (χ3v) is 4.29. The molecule has 0 spiro atoms. The lowest BCUT2D eigenvalue weighted by molar-refractivity contribution is 0.105. The molecule has 0 fully saturated rings. The summed E-state index contributed by atoms with van der Waals surface area (Å²) in [5.41, 5.74) is 7.64. The second kappa shape index (κ2) is 5.31. The van der Waals surface area contributed by atoms with E-state index in [-0.39, 0.29) is 5.78 Å². The van der Waals surface area contributed by atoms with Crippen LogP contribution in [0.5, 0.6) is 0 Å². The highest BCUT2D eigenvalue weighted by atomic mass is 32.1. The van der Waals surface area contributed by atoms with Gasteiger partial charge in [-0.25, -0.2) is 0 Å². The van der Waals surface area contributed by atoms with E-state index in [0.717, 1.165) is 15.6 Å². The van der Waals surface area contributed by atoms with Crippen molar-refractivity contribution in [3.8, 4) is 0 Å². The molecule has 3 heteroatoms. The number of hydrogen-bond donors (Lipinski definition) is 1. The molecular formula is C17H13NOS. The van der Waals surface area contributed by atoms with Crippen molar-refractivity contribution >= 4 is 39.0 Å². The van der Waals surface area contributed by atoms with Crippen LogP contribution >= 0.6 is 11.3 Å². The van der Waals surface area contributed by atoms with E-state index >= 15 is 0 Å². The van der Waals surface area contributed by atoms with Gasteiger partial charge in [-0.15, -0.1) is 11.3 Å². The third-order valence-electron chi connectivity index (χ3n) is 3.08. The minimum absolute atomic E-state index is 0.0486. The van der Waals surface area contributed by atoms with Crippen LogP contribution in [0.3, 0.4) is 0 Å². The fourth-order valence-electron chi connectivity index (χ4n) is 2.06. The van der Waals surface area contributed by atoms with Gasteiger partial charge in [-0.1, -0.05) is 54.6 Å². The molecule has 0 aliphatic heterocycles. The van der Waals surface area contributed by atoms with E-state index in [9.17, 15) is 4.79 Å². The summed E-state index contributed by atoms with van der Waals surface area (Å²) >= 11 is 1.44. The van der Waals surface area contributed by atoms with Crippen LogP contribution in [0.25, 0.3) is 16.2 Å². The van der Waals surface area contributed by atoms with Gasteiger partial charge in [-0.2, -0.15) is 0 Å². The van der Waals surface area contributed by atoms with Crippen molar-refractivity contribution in [3.05, 3.63) is 71.1 Å². The SMILES string of the molecule is Nc1c(C(=O)/C=C/c2ccccc2)sc2ccccc12. The number of nitrogen functional groups attached to an aromatic ring is 1. The summed E-state index contributed by atoms with van der Waals surface area (Å²) in [6.45, 7) is 0. The summed E-state index contributed by atoms with van der Waals surface area (Å²) in [5, 5.41) is 0.953. The van der Waals surface area contributed by atoms with Crippen molar-refractivity contribution in [1.29, 1.82) is 0 Å². The van der Waals surface area contributed by atoms with E-state index in [1.54, 1.807) is 6.08 Å². The van der Waals surface area contributed by atoms with Gasteiger partial charge in [0.05, 0.1) is 10.6 Å². The highest BCUT2D eigenvalue weighted by Gasteiger charge is 2.13. The molecule has 0 aliphatic carbocycles. The van der Waals surface area contributed by atoms with Gasteiger partial charge in [-0.3, -0.25) is 4.79 Å². The van der Waals surface area contributed by atoms with E-state index in [1.807, 2.05) is 60.7 Å². The summed E-state index contributed by atoms with van der Waals surface area (Å²) in [5.74, 6) is -0.0486. The average molecular weight is 279 g/mol. The number of fused-ring (bicyclic) bond motifs is 1. The minimum atomic E-state index is -0.0486. The monoisotopic (exact) mass is 279 g/mol. The second-order valence-electron chi connectivity index (χ2n) is 4.45. The molecule has 98 valence electrons. The summed E-state index contributed by atoms with van der Waals surface area (Å²) in [6.07, 6.45) is 3.39. The molecule has 3 rings (SSSR count). The Bertz CT molecular complexity index is 787. The molecule has 3 aromatic rings. The molecule has 0 radical (unpaired) electrons. The van der Waals surface area contributed by atoms with Gasteiger partial charge in [0.15, 0.2) is 5.78 Å². The van der Waals surface area contributed by atoms with Crippen LogP contribution in [-0.2, 0) is 0 Å². The number of carbonyl (C=O) groups is 1. The minimum Gasteiger partial charge on any atom is -0.397 e. The largest absolute Gasteiger partial charge is 0.397 e. The molecule has 0 unspecified atom stereocenters. The predicted octanol–water partition coefficient (Wildman–Crippen LogP) is 4.38. The summed E-state index contributed by atoms with van der Waals surface area (Å²) in [7, 11) is 0. The molecule has 0 saturated carbocycles. The third kappa shape index (κ3) is 2.36. The van der Waals surface area contributed by atoms with Crippen molar-refractivity contribution in [2.45, 2.75) is 0 Å². The van der Waals surface area contributed by atoms with Gasteiger partial charge in [0, 0.05) is 10.1 Å². The number of hydrogen-bond acceptors (Lipinski definition) is 3. The fraction of sp³-hybridized carbons (Fsp3) is 0. The Morgan fingerprint density at radius 3 is 2.45 bits per heavy atom. The van der Waals surface area contributed by atoms with Crippen LogP contribution < -0.4 is 5.73 Å². The van der Waals surface area contributed by atoms with E-state index in [1.165, 1.54) is 11.3 Å². The quantitative estimate of drug-likeness (QED) is 0.571. The van der Waals surface area contributed by atoms with Gasteiger partial charge < -0.3 is 5.73 Å². The molecular weight excluding hydrogens is 266 g/mol. The zero-order valence-corrected chi connectivity index (χ0v) is 11.6. The molecule has 2 nitrogen and oxygen atoms in total. The molecule has 0 saturated heterocycles. The first-order valence-corrected chi connectivity index (χ1v) is 7.12. The Labute approximate surface area is 121 Å². The fourth-order valence-corrected chi connectivity index (χ4v) is 3.10. The Balaban J connectivity index is 1.93. The number of rotatable bonds is 3. The topological polar surface area (TPSA) is 43.1 Å². The van der Waals surface area contributed by atoms with Gasteiger partial charge in [0.1, 0.15) is 0 Å². The second-order valence-corrected chi connectivity index (χ2v) is 5.50. The van der Waals surface area contributed by atoms with Gasteiger partial charge >= 0.3 is 0 Å². The number of allylic oxidation sites excluding steroid dienone is 1. The number of nitrogens with two attached hydrogens (primary N) is 1. The van der Waals surface area contributed by atoms with Crippen LogP contribution in [0.4, 0.5) is 5.69 Å². The number of carbonyl (C=O) groups excluding carboxylic acids is 1. The average Bonchev–Trinajstić information content (AvgIpc) is 2.84. The molecule has 1 heterocycles. The first-order valence-electron chi connectivity index (χ1n) is 6.30. The number of thiophene rings is 1. The molecule has 0 bridgehead atoms. The summed E-state index contributed by atoms with van der Waals surface area (Å²) in [6, 6.07) is 17.5. The molecule has 2 N–H and O–H groups in total. The van der Waals surface area contributed by atoms with E-state index < -0.39 is 0 Å². The van der Waals surface area contributed by atoms with Gasteiger partial charge in [0.2, 0.25) is 0 Å². The molecule has 0 atom stereocenters. The molecule has 0 aliphatic rings. The lowest BCUT2D eigenvalue weighted by Crippen LogP contribution is -1.95. The van der Waals surface area contributed by atoms with Crippen molar-refractivity contribution in [2.75, 3.05) is 5.73 Å². The van der Waals surface area contributed by atoms with Gasteiger partial charge in [-0.05, 0) is 17.7 Å². The van der Waals surface area contributed by atoms with Crippen LogP contribution in [0, 0.1) is 0 Å². The molecule has 1 aromatic heterocycles. The normalized spacial score (nSPS) is 11.2. The standard InChI is InChI=1S/C17H13NOS/c18-16-13-8-4-5-9-15(13)20-17(16)14(19)11-10-12-6-2-1-3-7-12/h1-11H,18H2/b11-10+. The lowest BCUT2D eigenvalue weighted by atomic mass is 10.1. The van der Waals surface area contributed by atoms with Gasteiger partial charge in [0.25, 0.3) is 0 Å². The van der Waals surface area contributed by atoms with E-state index in [0.29, 0.717) is 10.6 Å². The zero-order valence-electron chi connectivity index (χ0n) is 10.7. The van der Waals surface area contributed by atoms with Crippen molar-refractivity contribution in [2.24, 2.45) is 0 Å². The first kappa shape index (κ1) is 12.6. The Kier molecular flexibility index (Phi) is 3.35. The number of benzene rings is 2. The highest BCUT2D eigenvalue weighted by molar-refractivity contribution is 7.21. The van der Waals surface area contributed by atoms with Crippen LogP contribution in [-0.4, -0.2) is 5.78 Å². The smallest absolute Gasteiger partial charge is 0.197 e. The van der Waals surface area contributed by atoms with E-state index in [4.69, 9.17) is 5.73 Å². The number of anilines is 1.